The lowest BCUT2D eigenvalue weighted by Gasteiger charge is -2.18. The van der Waals surface area contributed by atoms with E-state index >= 15 is 0 Å². The Morgan fingerprint density at radius 2 is 1.56 bits per heavy atom. The van der Waals surface area contributed by atoms with E-state index in [1.807, 2.05) is 13.0 Å². The molecule has 1 N–H and O–H groups in total. The summed E-state index contributed by atoms with van der Waals surface area (Å²) in [5.41, 5.74) is 5.31. The van der Waals surface area contributed by atoms with E-state index in [2.05, 4.69) is 53.0 Å². The number of nitrogens with one attached hydrogen (secondary N) is 1. The summed E-state index contributed by atoms with van der Waals surface area (Å²) >= 11 is 0. The summed E-state index contributed by atoms with van der Waals surface area (Å²) in [6.07, 6.45) is 6.31. The van der Waals surface area contributed by atoms with Crippen LogP contribution >= 0.6 is 0 Å². The van der Waals surface area contributed by atoms with Crippen LogP contribution in [0.2, 0.25) is 0 Å². The molecule has 0 atom stereocenters. The first-order valence-electron chi connectivity index (χ1n) is 10.3. The Hall–Kier alpha value is -2.07. The molecule has 0 bridgehead atoms. The minimum absolute atomic E-state index is 0.00539. The Labute approximate surface area is 163 Å². The normalized spacial score (nSPS) is 17.1. The van der Waals surface area contributed by atoms with Gasteiger partial charge in [0.25, 0.3) is 5.56 Å². The van der Waals surface area contributed by atoms with Gasteiger partial charge in [-0.2, -0.15) is 0 Å². The fraction of sp³-hybridized carbons (Fsp3) is 0.522. The number of aryl methyl sites for hydroxylation is 2. The Morgan fingerprint density at radius 3 is 2.07 bits per heavy atom. The SMILES string of the molecule is CCc1cc(C)c(=O)[nH]c1-c1ccc(N2CCCC2)cc1.CN1CCCC1. The largest absolute Gasteiger partial charge is 0.372 e. The third-order valence-electron chi connectivity index (χ3n) is 5.65. The van der Waals surface area contributed by atoms with E-state index in [9.17, 15) is 4.79 Å². The number of aromatic amines is 1. The van der Waals surface area contributed by atoms with Crippen LogP contribution in [0.15, 0.2) is 35.1 Å². The van der Waals surface area contributed by atoms with Crippen molar-refractivity contribution in [2.45, 2.75) is 46.0 Å². The quantitative estimate of drug-likeness (QED) is 0.883. The number of aromatic nitrogens is 1. The molecule has 2 saturated heterocycles. The van der Waals surface area contributed by atoms with Crippen LogP contribution in [0.4, 0.5) is 5.69 Å². The summed E-state index contributed by atoms with van der Waals surface area (Å²) in [7, 11) is 2.17. The summed E-state index contributed by atoms with van der Waals surface area (Å²) in [6.45, 7) is 8.93. The fourth-order valence-corrected chi connectivity index (χ4v) is 3.92. The van der Waals surface area contributed by atoms with E-state index < -0.39 is 0 Å². The highest BCUT2D eigenvalue weighted by Gasteiger charge is 2.13. The van der Waals surface area contributed by atoms with Gasteiger partial charge in [0.15, 0.2) is 0 Å². The number of pyridine rings is 1. The minimum Gasteiger partial charge on any atom is -0.372 e. The molecule has 4 heteroatoms. The predicted molar refractivity (Wildman–Crippen MR) is 115 cm³/mol. The lowest BCUT2D eigenvalue weighted by Crippen LogP contribution is -2.17. The first kappa shape index (κ1) is 19.7. The number of hydrogen-bond donors (Lipinski definition) is 1. The molecule has 2 aliphatic rings. The van der Waals surface area contributed by atoms with E-state index in [1.54, 1.807) is 0 Å². The molecule has 0 saturated carbocycles. The number of rotatable bonds is 3. The summed E-state index contributed by atoms with van der Waals surface area (Å²) in [5.74, 6) is 0. The molecule has 2 fully saturated rings. The summed E-state index contributed by atoms with van der Waals surface area (Å²) < 4.78 is 0. The molecule has 4 rings (SSSR count). The van der Waals surface area contributed by atoms with E-state index in [0.29, 0.717) is 0 Å². The molecule has 0 spiro atoms. The first-order valence-corrected chi connectivity index (χ1v) is 10.3. The van der Waals surface area contributed by atoms with E-state index in [1.165, 1.54) is 50.0 Å². The van der Waals surface area contributed by atoms with Gasteiger partial charge in [-0.25, -0.2) is 0 Å². The number of benzene rings is 1. The van der Waals surface area contributed by atoms with Gasteiger partial charge in [-0.3, -0.25) is 4.79 Å². The van der Waals surface area contributed by atoms with Crippen molar-refractivity contribution in [3.63, 3.8) is 0 Å². The molecule has 2 aromatic rings. The molecule has 0 radical (unpaired) electrons. The predicted octanol–water partition coefficient (Wildman–Crippen LogP) is 4.22. The molecule has 4 nitrogen and oxygen atoms in total. The lowest BCUT2D eigenvalue weighted by atomic mass is 10.0. The molecular weight excluding hydrogens is 334 g/mol. The molecule has 0 unspecified atom stereocenters. The standard InChI is InChI=1S/C18H22N2O.C5H11N/c1-3-14-12-13(2)18(21)19-17(14)15-6-8-16(9-7-15)20-10-4-5-11-20;1-6-4-2-3-5-6/h6-9,12H,3-5,10-11H2,1-2H3,(H,19,21);2-5H2,1H3. The maximum absolute atomic E-state index is 11.9. The highest BCUT2D eigenvalue weighted by molar-refractivity contribution is 5.66. The van der Waals surface area contributed by atoms with E-state index in [4.69, 9.17) is 0 Å². The Kier molecular flexibility index (Phi) is 6.73. The molecule has 146 valence electrons. The van der Waals surface area contributed by atoms with Gasteiger partial charge >= 0.3 is 0 Å². The lowest BCUT2D eigenvalue weighted by molar-refractivity contribution is 0.418. The van der Waals surface area contributed by atoms with Crippen molar-refractivity contribution < 1.29 is 0 Å². The molecule has 2 aliphatic heterocycles. The van der Waals surface area contributed by atoms with Crippen molar-refractivity contribution >= 4 is 5.69 Å². The van der Waals surface area contributed by atoms with Crippen molar-refractivity contribution in [1.29, 1.82) is 0 Å². The molecule has 0 amide bonds. The van der Waals surface area contributed by atoms with Crippen LogP contribution in [-0.4, -0.2) is 43.1 Å². The summed E-state index contributed by atoms with van der Waals surface area (Å²) in [4.78, 5) is 19.7. The third-order valence-corrected chi connectivity index (χ3v) is 5.65. The Morgan fingerprint density at radius 1 is 0.963 bits per heavy atom. The second-order valence-corrected chi connectivity index (χ2v) is 7.79. The van der Waals surface area contributed by atoms with Crippen LogP contribution in [0.5, 0.6) is 0 Å². The number of likely N-dealkylation sites (tertiary alicyclic amines) is 1. The summed E-state index contributed by atoms with van der Waals surface area (Å²) in [6, 6.07) is 10.6. The van der Waals surface area contributed by atoms with Crippen molar-refractivity contribution in [2.75, 3.05) is 38.1 Å². The molecule has 0 aliphatic carbocycles. The van der Waals surface area contributed by atoms with Crippen LogP contribution in [0.3, 0.4) is 0 Å². The van der Waals surface area contributed by atoms with Crippen LogP contribution in [0.25, 0.3) is 11.3 Å². The zero-order chi connectivity index (χ0) is 19.2. The van der Waals surface area contributed by atoms with Gasteiger partial charge in [0, 0.05) is 24.3 Å². The van der Waals surface area contributed by atoms with Crippen molar-refractivity contribution in [2.24, 2.45) is 0 Å². The van der Waals surface area contributed by atoms with Crippen LogP contribution in [0, 0.1) is 6.92 Å². The Balaban J connectivity index is 0.000000299. The number of hydrogen-bond acceptors (Lipinski definition) is 3. The average Bonchev–Trinajstić information content (AvgIpc) is 3.38. The number of nitrogens with zero attached hydrogens (tertiary/aromatic N) is 2. The van der Waals surface area contributed by atoms with Gasteiger partial charge in [-0.15, -0.1) is 0 Å². The number of anilines is 1. The molecule has 3 heterocycles. The highest BCUT2D eigenvalue weighted by Crippen LogP contribution is 2.26. The minimum atomic E-state index is 0.00539. The highest BCUT2D eigenvalue weighted by atomic mass is 16.1. The van der Waals surface area contributed by atoms with Gasteiger partial charge in [0.1, 0.15) is 0 Å². The van der Waals surface area contributed by atoms with Crippen LogP contribution in [-0.2, 0) is 6.42 Å². The van der Waals surface area contributed by atoms with Gasteiger partial charge in [0.2, 0.25) is 0 Å². The monoisotopic (exact) mass is 367 g/mol. The summed E-state index contributed by atoms with van der Waals surface area (Å²) in [5, 5.41) is 0. The third kappa shape index (κ3) is 5.01. The fourth-order valence-electron chi connectivity index (χ4n) is 3.92. The second-order valence-electron chi connectivity index (χ2n) is 7.79. The maximum Gasteiger partial charge on any atom is 0.251 e. The topological polar surface area (TPSA) is 39.3 Å². The Bertz CT molecular complexity index is 782. The molecular formula is C23H33N3O. The van der Waals surface area contributed by atoms with Gasteiger partial charge in [-0.05, 0) is 88.5 Å². The van der Waals surface area contributed by atoms with Gasteiger partial charge in [0.05, 0.1) is 5.69 Å². The van der Waals surface area contributed by atoms with Gasteiger partial charge in [-0.1, -0.05) is 19.1 Å². The zero-order valence-corrected chi connectivity index (χ0v) is 17.1. The van der Waals surface area contributed by atoms with Crippen molar-refractivity contribution in [3.05, 3.63) is 51.8 Å². The van der Waals surface area contributed by atoms with Crippen molar-refractivity contribution in [3.8, 4) is 11.3 Å². The average molecular weight is 368 g/mol. The van der Waals surface area contributed by atoms with E-state index in [0.717, 1.165) is 36.3 Å². The van der Waals surface area contributed by atoms with Crippen molar-refractivity contribution in [1.82, 2.24) is 9.88 Å². The smallest absolute Gasteiger partial charge is 0.251 e. The van der Waals surface area contributed by atoms with E-state index in [-0.39, 0.29) is 5.56 Å². The number of H-pyrrole nitrogens is 1. The molecule has 1 aromatic carbocycles. The first-order chi connectivity index (χ1) is 13.1. The molecule has 27 heavy (non-hydrogen) atoms. The van der Waals surface area contributed by atoms with Gasteiger partial charge < -0.3 is 14.8 Å². The molecule has 1 aromatic heterocycles. The second kappa shape index (κ2) is 9.23. The maximum atomic E-state index is 11.9. The van der Waals surface area contributed by atoms with Crippen LogP contribution < -0.4 is 10.5 Å². The van der Waals surface area contributed by atoms with Crippen LogP contribution in [0.1, 0.15) is 43.7 Å². The zero-order valence-electron chi connectivity index (χ0n) is 17.1.